The predicted octanol–water partition coefficient (Wildman–Crippen LogP) is 3.57. The second-order valence-corrected chi connectivity index (χ2v) is 7.44. The van der Waals surface area contributed by atoms with Crippen LogP contribution < -0.4 is 0 Å². The highest BCUT2D eigenvalue weighted by atomic mass is 79.9. The van der Waals surface area contributed by atoms with Crippen LogP contribution in [0, 0.1) is 5.92 Å². The number of amides is 2. The molecule has 0 bridgehead atoms. The summed E-state index contributed by atoms with van der Waals surface area (Å²) in [5.74, 6) is 0.250. The molecule has 0 saturated carbocycles. The van der Waals surface area contributed by atoms with Crippen LogP contribution in [0.1, 0.15) is 32.3 Å². The Kier molecular flexibility index (Phi) is 6.60. The molecule has 0 aliphatic carbocycles. The molecule has 1 heterocycles. The Labute approximate surface area is 152 Å². The minimum atomic E-state index is 0.0148. The maximum atomic E-state index is 12.4. The number of carbonyl (C=O) groups is 2. The lowest BCUT2D eigenvalue weighted by molar-refractivity contribution is -0.139. The van der Waals surface area contributed by atoms with E-state index < -0.39 is 0 Å². The van der Waals surface area contributed by atoms with Gasteiger partial charge in [-0.25, -0.2) is 0 Å². The average Bonchev–Trinajstić information content (AvgIpc) is 2.59. The van der Waals surface area contributed by atoms with Crippen LogP contribution in [0.5, 0.6) is 0 Å². The summed E-state index contributed by atoms with van der Waals surface area (Å²) in [6.07, 6.45) is 4.94. The summed E-state index contributed by atoms with van der Waals surface area (Å²) in [6, 6.07) is 8.03. The summed E-state index contributed by atoms with van der Waals surface area (Å²) in [6.45, 7) is 5.32. The van der Waals surface area contributed by atoms with E-state index in [4.69, 9.17) is 0 Å². The molecule has 5 heteroatoms. The van der Waals surface area contributed by atoms with Crippen LogP contribution in [0.2, 0.25) is 0 Å². The van der Waals surface area contributed by atoms with Crippen molar-refractivity contribution in [1.82, 2.24) is 9.80 Å². The lowest BCUT2D eigenvalue weighted by atomic mass is 9.95. The first-order chi connectivity index (χ1) is 11.4. The van der Waals surface area contributed by atoms with E-state index in [9.17, 15) is 9.59 Å². The predicted molar refractivity (Wildman–Crippen MR) is 100 cm³/mol. The number of rotatable bonds is 4. The Balaban J connectivity index is 1.86. The van der Waals surface area contributed by atoms with Crippen LogP contribution in [0.4, 0.5) is 0 Å². The van der Waals surface area contributed by atoms with Crippen molar-refractivity contribution in [1.29, 1.82) is 0 Å². The molecule has 4 nitrogen and oxygen atoms in total. The smallest absolute Gasteiger partial charge is 0.246 e. The van der Waals surface area contributed by atoms with E-state index in [1.807, 2.05) is 56.1 Å². The second kappa shape index (κ2) is 8.47. The summed E-state index contributed by atoms with van der Waals surface area (Å²) in [4.78, 5) is 28.3. The quantitative estimate of drug-likeness (QED) is 0.734. The monoisotopic (exact) mass is 392 g/mol. The number of hydrogen-bond acceptors (Lipinski definition) is 2. The molecule has 1 aromatic carbocycles. The molecule has 2 rings (SSSR count). The standard InChI is InChI=1S/C19H25BrN2O2/c1-14(2)21(3)19(24)16-10-12-22(13-11-16)18(23)9-6-15-4-7-17(20)8-5-15/h4-9,14,16H,10-13H2,1-3H3. The summed E-state index contributed by atoms with van der Waals surface area (Å²) in [5.41, 5.74) is 0.996. The van der Waals surface area contributed by atoms with Crippen LogP contribution in [-0.2, 0) is 9.59 Å². The van der Waals surface area contributed by atoms with E-state index in [0.717, 1.165) is 22.9 Å². The lowest BCUT2D eigenvalue weighted by Crippen LogP contribution is -2.44. The first-order valence-corrected chi connectivity index (χ1v) is 9.17. The van der Waals surface area contributed by atoms with Crippen molar-refractivity contribution in [3.8, 4) is 0 Å². The number of halogens is 1. The molecule has 0 aromatic heterocycles. The fraction of sp³-hybridized carbons (Fsp3) is 0.474. The maximum absolute atomic E-state index is 12.4. The highest BCUT2D eigenvalue weighted by Gasteiger charge is 2.29. The number of benzene rings is 1. The van der Waals surface area contributed by atoms with Gasteiger partial charge in [0.2, 0.25) is 11.8 Å². The Morgan fingerprint density at radius 3 is 2.33 bits per heavy atom. The molecule has 0 radical (unpaired) electrons. The third-order valence-electron chi connectivity index (χ3n) is 4.57. The fourth-order valence-electron chi connectivity index (χ4n) is 2.74. The molecule has 0 unspecified atom stereocenters. The van der Waals surface area contributed by atoms with E-state index >= 15 is 0 Å². The SMILES string of the molecule is CC(C)N(C)C(=O)C1CCN(C(=O)C=Cc2ccc(Br)cc2)CC1. The van der Waals surface area contributed by atoms with Crippen molar-refractivity contribution >= 4 is 33.8 Å². The third kappa shape index (κ3) is 4.94. The van der Waals surface area contributed by atoms with Gasteiger partial charge in [0.05, 0.1) is 0 Å². The Hall–Kier alpha value is -1.62. The first kappa shape index (κ1) is 18.7. The molecule has 1 aromatic rings. The van der Waals surface area contributed by atoms with Gasteiger partial charge in [0.15, 0.2) is 0 Å². The van der Waals surface area contributed by atoms with Gasteiger partial charge in [0.25, 0.3) is 0 Å². The van der Waals surface area contributed by atoms with Gasteiger partial charge in [0, 0.05) is 42.6 Å². The van der Waals surface area contributed by atoms with Crippen molar-refractivity contribution < 1.29 is 9.59 Å². The average molecular weight is 393 g/mol. The summed E-state index contributed by atoms with van der Waals surface area (Å²) < 4.78 is 1.02. The van der Waals surface area contributed by atoms with Crippen molar-refractivity contribution in [2.24, 2.45) is 5.92 Å². The van der Waals surface area contributed by atoms with Gasteiger partial charge in [-0.2, -0.15) is 0 Å². The Morgan fingerprint density at radius 2 is 1.79 bits per heavy atom. The molecule has 1 saturated heterocycles. The largest absolute Gasteiger partial charge is 0.343 e. The molecule has 1 aliphatic heterocycles. The topological polar surface area (TPSA) is 40.6 Å². The van der Waals surface area contributed by atoms with Crippen LogP contribution in [-0.4, -0.2) is 47.8 Å². The zero-order valence-corrected chi connectivity index (χ0v) is 16.1. The molecule has 1 aliphatic rings. The summed E-state index contributed by atoms with van der Waals surface area (Å²) >= 11 is 3.39. The highest BCUT2D eigenvalue weighted by molar-refractivity contribution is 9.10. The van der Waals surface area contributed by atoms with Gasteiger partial charge in [0.1, 0.15) is 0 Å². The van der Waals surface area contributed by atoms with Gasteiger partial charge in [-0.3, -0.25) is 9.59 Å². The van der Waals surface area contributed by atoms with E-state index in [1.165, 1.54) is 0 Å². The fourth-order valence-corrected chi connectivity index (χ4v) is 3.00. The molecule has 1 fully saturated rings. The number of piperidine rings is 1. The van der Waals surface area contributed by atoms with E-state index in [1.54, 1.807) is 11.0 Å². The molecule has 0 atom stereocenters. The van der Waals surface area contributed by atoms with Crippen LogP contribution in [0.3, 0.4) is 0 Å². The number of nitrogens with zero attached hydrogens (tertiary/aromatic N) is 2. The first-order valence-electron chi connectivity index (χ1n) is 8.37. The maximum Gasteiger partial charge on any atom is 0.246 e. The third-order valence-corrected chi connectivity index (χ3v) is 5.10. The Bertz CT molecular complexity index is 602. The summed E-state index contributed by atoms with van der Waals surface area (Å²) in [5, 5.41) is 0. The number of carbonyl (C=O) groups excluding carboxylic acids is 2. The normalized spacial score (nSPS) is 16.0. The molecule has 24 heavy (non-hydrogen) atoms. The van der Waals surface area contributed by atoms with Gasteiger partial charge in [-0.15, -0.1) is 0 Å². The van der Waals surface area contributed by atoms with Crippen LogP contribution in [0.15, 0.2) is 34.8 Å². The molecular formula is C19H25BrN2O2. The van der Waals surface area contributed by atoms with E-state index in [-0.39, 0.29) is 23.8 Å². The van der Waals surface area contributed by atoms with Crippen LogP contribution >= 0.6 is 15.9 Å². The van der Waals surface area contributed by atoms with Gasteiger partial charge in [-0.1, -0.05) is 28.1 Å². The number of likely N-dealkylation sites (tertiary alicyclic amines) is 1. The van der Waals surface area contributed by atoms with Crippen molar-refractivity contribution in [2.45, 2.75) is 32.7 Å². The highest BCUT2D eigenvalue weighted by Crippen LogP contribution is 2.20. The number of hydrogen-bond donors (Lipinski definition) is 0. The summed E-state index contributed by atoms with van der Waals surface area (Å²) in [7, 11) is 1.85. The second-order valence-electron chi connectivity index (χ2n) is 6.53. The van der Waals surface area contributed by atoms with Crippen molar-refractivity contribution in [2.75, 3.05) is 20.1 Å². The molecule has 0 spiro atoms. The van der Waals surface area contributed by atoms with E-state index in [0.29, 0.717) is 13.1 Å². The minimum absolute atomic E-state index is 0.0148. The molecule has 2 amide bonds. The van der Waals surface area contributed by atoms with Crippen molar-refractivity contribution in [3.63, 3.8) is 0 Å². The lowest BCUT2D eigenvalue weighted by Gasteiger charge is -2.33. The van der Waals surface area contributed by atoms with Gasteiger partial charge >= 0.3 is 0 Å². The molecule has 130 valence electrons. The Morgan fingerprint density at radius 1 is 1.21 bits per heavy atom. The van der Waals surface area contributed by atoms with Gasteiger partial charge < -0.3 is 9.80 Å². The zero-order chi connectivity index (χ0) is 17.7. The zero-order valence-electron chi connectivity index (χ0n) is 14.5. The molecular weight excluding hydrogens is 368 g/mol. The van der Waals surface area contributed by atoms with Crippen LogP contribution in [0.25, 0.3) is 6.08 Å². The van der Waals surface area contributed by atoms with Gasteiger partial charge in [-0.05, 0) is 50.5 Å². The van der Waals surface area contributed by atoms with E-state index in [2.05, 4.69) is 15.9 Å². The molecule has 0 N–H and O–H groups in total. The minimum Gasteiger partial charge on any atom is -0.343 e. The van der Waals surface area contributed by atoms with Crippen molar-refractivity contribution in [3.05, 3.63) is 40.4 Å².